The molecule has 0 aromatic carbocycles. The molecular formula is C16H27N5O. The molecule has 2 atom stereocenters. The van der Waals surface area contributed by atoms with Crippen molar-refractivity contribution in [2.45, 2.75) is 57.5 Å². The third-order valence-electron chi connectivity index (χ3n) is 5.19. The van der Waals surface area contributed by atoms with Crippen LogP contribution in [0.3, 0.4) is 0 Å². The minimum atomic E-state index is 0.0132. The zero-order chi connectivity index (χ0) is 15.5. The predicted octanol–water partition coefficient (Wildman–Crippen LogP) is 1.85. The third kappa shape index (κ3) is 3.32. The van der Waals surface area contributed by atoms with Gasteiger partial charge in [0, 0.05) is 13.1 Å². The summed E-state index contributed by atoms with van der Waals surface area (Å²) in [4.78, 5) is 14.5. The number of carbonyl (C=O) groups is 1. The molecule has 0 spiro atoms. The molecule has 1 aromatic heterocycles. The minimum Gasteiger partial charge on any atom is -0.337 e. The van der Waals surface area contributed by atoms with Crippen LogP contribution in [-0.4, -0.2) is 52.0 Å². The van der Waals surface area contributed by atoms with Gasteiger partial charge >= 0.3 is 0 Å². The lowest BCUT2D eigenvalue weighted by molar-refractivity contribution is 0.0666. The number of carbonyl (C=O) groups excluding carboxylic acids is 1. The van der Waals surface area contributed by atoms with Gasteiger partial charge in [-0.15, -0.1) is 5.10 Å². The summed E-state index contributed by atoms with van der Waals surface area (Å²) in [5.74, 6) is 0.721. The number of hydrogen-bond donors (Lipinski definition) is 1. The van der Waals surface area contributed by atoms with Gasteiger partial charge in [-0.25, -0.2) is 4.68 Å². The Kier molecular flexibility index (Phi) is 4.76. The molecule has 3 rings (SSSR count). The highest BCUT2D eigenvalue weighted by Crippen LogP contribution is 2.27. The quantitative estimate of drug-likeness (QED) is 0.926. The molecule has 2 unspecified atom stereocenters. The van der Waals surface area contributed by atoms with Crippen LogP contribution in [0.2, 0.25) is 0 Å². The molecule has 2 aliphatic rings. The summed E-state index contributed by atoms with van der Waals surface area (Å²) >= 11 is 0. The van der Waals surface area contributed by atoms with Crippen LogP contribution in [0.15, 0.2) is 6.20 Å². The first-order chi connectivity index (χ1) is 10.6. The molecule has 1 amide bonds. The van der Waals surface area contributed by atoms with Crippen molar-refractivity contribution in [1.29, 1.82) is 0 Å². The van der Waals surface area contributed by atoms with Crippen molar-refractivity contribution in [3.05, 3.63) is 11.9 Å². The number of nitrogens with zero attached hydrogens (tertiary/aromatic N) is 4. The molecular weight excluding hydrogens is 278 g/mol. The molecule has 6 nitrogen and oxygen atoms in total. The zero-order valence-electron chi connectivity index (χ0n) is 13.7. The fraction of sp³-hybridized carbons (Fsp3) is 0.812. The fourth-order valence-electron chi connectivity index (χ4n) is 3.72. The van der Waals surface area contributed by atoms with Crippen molar-refractivity contribution >= 4 is 5.91 Å². The molecule has 1 aliphatic carbocycles. The van der Waals surface area contributed by atoms with E-state index in [1.807, 2.05) is 22.8 Å². The third-order valence-corrected chi connectivity index (χ3v) is 5.19. The van der Waals surface area contributed by atoms with Crippen LogP contribution in [0.4, 0.5) is 0 Å². The van der Waals surface area contributed by atoms with Crippen LogP contribution in [0.25, 0.3) is 0 Å². The summed E-state index contributed by atoms with van der Waals surface area (Å²) in [6, 6.07) is 0.718. The first kappa shape index (κ1) is 15.5. The van der Waals surface area contributed by atoms with E-state index in [4.69, 9.17) is 0 Å². The number of piperidine rings is 1. The Balaban J connectivity index is 1.65. The van der Waals surface area contributed by atoms with Crippen molar-refractivity contribution in [1.82, 2.24) is 25.2 Å². The summed E-state index contributed by atoms with van der Waals surface area (Å²) in [6.45, 7) is 4.29. The maximum atomic E-state index is 12.6. The smallest absolute Gasteiger partial charge is 0.276 e. The Morgan fingerprint density at radius 2 is 2.09 bits per heavy atom. The standard InChI is InChI=1S/C16H27N5O/c1-12-4-3-5-14(10-12)20(2)16(22)15-11-21(19-18-15)13-6-8-17-9-7-13/h11-14,17H,3-10H2,1-2H3. The first-order valence-electron chi connectivity index (χ1n) is 8.55. The first-order valence-corrected chi connectivity index (χ1v) is 8.55. The van der Waals surface area contributed by atoms with Crippen LogP contribution in [0.1, 0.15) is 62.0 Å². The van der Waals surface area contributed by atoms with Crippen molar-refractivity contribution in [3.63, 3.8) is 0 Å². The fourth-order valence-corrected chi connectivity index (χ4v) is 3.72. The maximum Gasteiger partial charge on any atom is 0.276 e. The maximum absolute atomic E-state index is 12.6. The van der Waals surface area contributed by atoms with E-state index in [2.05, 4.69) is 22.6 Å². The number of hydrogen-bond acceptors (Lipinski definition) is 4. The Hall–Kier alpha value is -1.43. The Labute approximate surface area is 132 Å². The van der Waals surface area contributed by atoms with E-state index in [0.29, 0.717) is 23.7 Å². The Bertz CT molecular complexity index is 508. The topological polar surface area (TPSA) is 63.1 Å². The van der Waals surface area contributed by atoms with Crippen molar-refractivity contribution < 1.29 is 4.79 Å². The van der Waals surface area contributed by atoms with Gasteiger partial charge < -0.3 is 10.2 Å². The molecule has 2 heterocycles. The van der Waals surface area contributed by atoms with Gasteiger partial charge in [-0.2, -0.15) is 0 Å². The van der Waals surface area contributed by atoms with Crippen molar-refractivity contribution in [2.75, 3.05) is 20.1 Å². The van der Waals surface area contributed by atoms with Gasteiger partial charge in [-0.3, -0.25) is 4.79 Å². The van der Waals surface area contributed by atoms with Gasteiger partial charge in [-0.05, 0) is 44.7 Å². The predicted molar refractivity (Wildman–Crippen MR) is 84.7 cm³/mol. The zero-order valence-corrected chi connectivity index (χ0v) is 13.7. The lowest BCUT2D eigenvalue weighted by atomic mass is 9.86. The van der Waals surface area contributed by atoms with E-state index >= 15 is 0 Å². The lowest BCUT2D eigenvalue weighted by Gasteiger charge is -2.33. The second-order valence-electron chi connectivity index (χ2n) is 6.91. The highest BCUT2D eigenvalue weighted by atomic mass is 16.2. The number of amides is 1. The van der Waals surface area contributed by atoms with Crippen molar-refractivity contribution in [3.8, 4) is 0 Å². The number of rotatable bonds is 3. The molecule has 1 aromatic rings. The average molecular weight is 305 g/mol. The van der Waals surface area contributed by atoms with Gasteiger partial charge in [0.1, 0.15) is 0 Å². The molecule has 6 heteroatoms. The minimum absolute atomic E-state index is 0.0132. The Morgan fingerprint density at radius 3 is 2.82 bits per heavy atom. The molecule has 1 saturated carbocycles. The van der Waals surface area contributed by atoms with Gasteiger partial charge in [0.2, 0.25) is 0 Å². The monoisotopic (exact) mass is 305 g/mol. The molecule has 0 radical (unpaired) electrons. The van der Waals surface area contributed by atoms with Gasteiger partial charge in [0.15, 0.2) is 5.69 Å². The van der Waals surface area contributed by atoms with Crippen LogP contribution < -0.4 is 5.32 Å². The number of aromatic nitrogens is 3. The highest BCUT2D eigenvalue weighted by molar-refractivity contribution is 5.91. The summed E-state index contributed by atoms with van der Waals surface area (Å²) in [7, 11) is 1.91. The van der Waals surface area contributed by atoms with Gasteiger partial charge in [-0.1, -0.05) is 25.0 Å². The molecule has 1 aliphatic heterocycles. The normalized spacial score (nSPS) is 26.8. The summed E-state index contributed by atoms with van der Waals surface area (Å²) in [5.41, 5.74) is 0.485. The molecule has 2 fully saturated rings. The van der Waals surface area contributed by atoms with Crippen molar-refractivity contribution in [2.24, 2.45) is 5.92 Å². The lowest BCUT2D eigenvalue weighted by Crippen LogP contribution is -2.40. The molecule has 22 heavy (non-hydrogen) atoms. The second kappa shape index (κ2) is 6.77. The average Bonchev–Trinajstić information content (AvgIpc) is 3.04. The van der Waals surface area contributed by atoms with E-state index in [1.165, 1.54) is 12.8 Å². The van der Waals surface area contributed by atoms with Crippen LogP contribution in [-0.2, 0) is 0 Å². The molecule has 0 bridgehead atoms. The molecule has 1 saturated heterocycles. The molecule has 122 valence electrons. The Morgan fingerprint density at radius 1 is 1.32 bits per heavy atom. The molecule has 1 N–H and O–H groups in total. The van der Waals surface area contributed by atoms with E-state index in [9.17, 15) is 4.79 Å². The van der Waals surface area contributed by atoms with E-state index in [-0.39, 0.29) is 5.91 Å². The largest absolute Gasteiger partial charge is 0.337 e. The van der Waals surface area contributed by atoms with Crippen LogP contribution in [0.5, 0.6) is 0 Å². The number of nitrogens with one attached hydrogen (secondary N) is 1. The summed E-state index contributed by atoms with van der Waals surface area (Å²) < 4.78 is 1.88. The SMILES string of the molecule is CC1CCCC(N(C)C(=O)c2cn(C3CCNCC3)nn2)C1. The van der Waals surface area contributed by atoms with E-state index in [1.54, 1.807) is 0 Å². The summed E-state index contributed by atoms with van der Waals surface area (Å²) in [6.07, 6.45) is 8.64. The van der Waals surface area contributed by atoms with Crippen LogP contribution >= 0.6 is 0 Å². The van der Waals surface area contributed by atoms with E-state index < -0.39 is 0 Å². The highest BCUT2D eigenvalue weighted by Gasteiger charge is 2.28. The van der Waals surface area contributed by atoms with E-state index in [0.717, 1.165) is 38.8 Å². The van der Waals surface area contributed by atoms with Gasteiger partial charge in [0.25, 0.3) is 5.91 Å². The van der Waals surface area contributed by atoms with Crippen LogP contribution in [0, 0.1) is 5.92 Å². The van der Waals surface area contributed by atoms with Gasteiger partial charge in [0.05, 0.1) is 12.2 Å². The second-order valence-corrected chi connectivity index (χ2v) is 6.91. The summed E-state index contributed by atoms with van der Waals surface area (Å²) in [5, 5.41) is 11.7.